The van der Waals surface area contributed by atoms with Crippen molar-refractivity contribution < 1.29 is 14.3 Å². The van der Waals surface area contributed by atoms with Crippen molar-refractivity contribution in [2.75, 3.05) is 29.1 Å². The molecule has 0 heterocycles. The molecule has 2 amide bonds. The molecular weight excluding hydrogens is 426 g/mol. The van der Waals surface area contributed by atoms with Crippen LogP contribution < -0.4 is 20.7 Å². The number of anilines is 3. The molecule has 0 radical (unpaired) electrons. The molecule has 0 fully saturated rings. The predicted molar refractivity (Wildman–Crippen MR) is 138 cm³/mol. The van der Waals surface area contributed by atoms with Crippen LogP contribution in [0.3, 0.4) is 0 Å². The average Bonchev–Trinajstić information content (AvgIpc) is 2.84. The number of carbonyl (C=O) groups excluding carboxylic acids is 2. The monoisotopic (exact) mass is 459 g/mol. The summed E-state index contributed by atoms with van der Waals surface area (Å²) < 4.78 is 5.84. The second-order valence-electron chi connectivity index (χ2n) is 8.10. The summed E-state index contributed by atoms with van der Waals surface area (Å²) in [4.78, 5) is 24.4. The van der Waals surface area contributed by atoms with E-state index in [9.17, 15) is 9.59 Å². The number of nitrogens with one attached hydrogen (secondary N) is 3. The fourth-order valence-electron chi connectivity index (χ4n) is 3.45. The quantitative estimate of drug-likeness (QED) is 0.279. The van der Waals surface area contributed by atoms with Crippen LogP contribution in [-0.4, -0.2) is 25.0 Å². The number of hydrogen-bond donors (Lipinski definition) is 3. The largest absolute Gasteiger partial charge is 0.493 e. The Hall–Kier alpha value is -3.80. The number of benzene rings is 3. The third kappa shape index (κ3) is 8.98. The molecule has 0 aromatic heterocycles. The smallest absolute Gasteiger partial charge is 0.243 e. The van der Waals surface area contributed by atoms with Gasteiger partial charge in [0.05, 0.1) is 13.2 Å². The molecule has 0 saturated carbocycles. The van der Waals surface area contributed by atoms with Gasteiger partial charge >= 0.3 is 0 Å². The van der Waals surface area contributed by atoms with Gasteiger partial charge in [-0.3, -0.25) is 9.59 Å². The van der Waals surface area contributed by atoms with Crippen molar-refractivity contribution in [1.82, 2.24) is 0 Å². The Bertz CT molecular complexity index is 1050. The lowest BCUT2D eigenvalue weighted by Crippen LogP contribution is -2.21. The van der Waals surface area contributed by atoms with Gasteiger partial charge in [0.15, 0.2) is 0 Å². The van der Waals surface area contributed by atoms with E-state index in [-0.39, 0.29) is 18.4 Å². The fourth-order valence-corrected chi connectivity index (χ4v) is 3.45. The Morgan fingerprint density at radius 2 is 1.47 bits per heavy atom. The summed E-state index contributed by atoms with van der Waals surface area (Å²) in [5.41, 5.74) is 3.38. The third-order valence-corrected chi connectivity index (χ3v) is 5.23. The zero-order chi connectivity index (χ0) is 24.0. The summed E-state index contributed by atoms with van der Waals surface area (Å²) >= 11 is 0. The van der Waals surface area contributed by atoms with Crippen LogP contribution in [0, 0.1) is 0 Å². The second-order valence-corrected chi connectivity index (χ2v) is 8.10. The van der Waals surface area contributed by atoms with Gasteiger partial charge in [0.1, 0.15) is 5.75 Å². The first-order valence-corrected chi connectivity index (χ1v) is 11.8. The van der Waals surface area contributed by atoms with E-state index in [1.54, 1.807) is 0 Å². The van der Waals surface area contributed by atoms with E-state index in [4.69, 9.17) is 4.74 Å². The molecule has 0 bridgehead atoms. The first kappa shape index (κ1) is 24.8. The first-order valence-electron chi connectivity index (χ1n) is 11.8. The molecule has 178 valence electrons. The molecule has 0 atom stereocenters. The standard InChI is InChI=1S/C28H33N3O3/c1-2-3-5-16-27(32)30-24-13-8-12-23(19-24)29-21-28(33)31-25-14-9-15-26(20-25)34-18-17-22-10-6-4-7-11-22/h4,6-15,19-20,29H,2-3,5,16-18,21H2,1H3,(H,30,32)(H,31,33). The Labute approximate surface area is 201 Å². The van der Waals surface area contributed by atoms with Crippen LogP contribution in [0.4, 0.5) is 17.1 Å². The van der Waals surface area contributed by atoms with Crippen LogP contribution >= 0.6 is 0 Å². The van der Waals surface area contributed by atoms with E-state index in [1.807, 2.05) is 66.7 Å². The number of hydrogen-bond acceptors (Lipinski definition) is 4. The Morgan fingerprint density at radius 3 is 2.26 bits per heavy atom. The highest BCUT2D eigenvalue weighted by atomic mass is 16.5. The van der Waals surface area contributed by atoms with Crippen LogP contribution in [0.2, 0.25) is 0 Å². The Balaban J connectivity index is 1.43. The van der Waals surface area contributed by atoms with Gasteiger partial charge in [0, 0.05) is 36.0 Å². The van der Waals surface area contributed by atoms with Gasteiger partial charge in [-0.15, -0.1) is 0 Å². The maximum Gasteiger partial charge on any atom is 0.243 e. The van der Waals surface area contributed by atoms with E-state index >= 15 is 0 Å². The van der Waals surface area contributed by atoms with Crippen LogP contribution in [0.1, 0.15) is 38.2 Å². The zero-order valence-corrected chi connectivity index (χ0v) is 19.7. The van der Waals surface area contributed by atoms with Gasteiger partial charge in [-0.2, -0.15) is 0 Å². The van der Waals surface area contributed by atoms with E-state index in [0.29, 0.717) is 30.2 Å². The molecule has 0 aliphatic heterocycles. The molecule has 0 aliphatic carbocycles. The molecule has 3 rings (SSSR count). The molecule has 0 aliphatic rings. The van der Waals surface area contributed by atoms with E-state index < -0.39 is 0 Å². The lowest BCUT2D eigenvalue weighted by molar-refractivity contribution is -0.116. The molecule has 6 nitrogen and oxygen atoms in total. The van der Waals surface area contributed by atoms with Crippen molar-refractivity contribution in [3.63, 3.8) is 0 Å². The molecule has 34 heavy (non-hydrogen) atoms. The van der Waals surface area contributed by atoms with Gasteiger partial charge in [0.25, 0.3) is 0 Å². The zero-order valence-electron chi connectivity index (χ0n) is 19.7. The maximum atomic E-state index is 12.4. The highest BCUT2D eigenvalue weighted by Crippen LogP contribution is 2.19. The van der Waals surface area contributed by atoms with Crippen molar-refractivity contribution in [2.24, 2.45) is 0 Å². The van der Waals surface area contributed by atoms with Gasteiger partial charge in [-0.25, -0.2) is 0 Å². The van der Waals surface area contributed by atoms with Crippen LogP contribution in [0.5, 0.6) is 5.75 Å². The molecular formula is C28H33N3O3. The molecule has 0 unspecified atom stereocenters. The van der Waals surface area contributed by atoms with Crippen molar-refractivity contribution in [3.05, 3.63) is 84.4 Å². The number of unbranched alkanes of at least 4 members (excludes halogenated alkanes) is 2. The van der Waals surface area contributed by atoms with Crippen molar-refractivity contribution in [3.8, 4) is 5.75 Å². The van der Waals surface area contributed by atoms with Gasteiger partial charge < -0.3 is 20.7 Å². The van der Waals surface area contributed by atoms with E-state index in [1.165, 1.54) is 5.56 Å². The van der Waals surface area contributed by atoms with Gasteiger partial charge in [-0.1, -0.05) is 62.2 Å². The summed E-state index contributed by atoms with van der Waals surface area (Å²) in [6.45, 7) is 2.78. The summed E-state index contributed by atoms with van der Waals surface area (Å²) in [7, 11) is 0. The van der Waals surface area contributed by atoms with Crippen molar-refractivity contribution in [1.29, 1.82) is 0 Å². The third-order valence-electron chi connectivity index (χ3n) is 5.23. The highest BCUT2D eigenvalue weighted by molar-refractivity contribution is 5.94. The van der Waals surface area contributed by atoms with Crippen LogP contribution in [0.25, 0.3) is 0 Å². The number of ether oxygens (including phenoxy) is 1. The summed E-state index contributed by atoms with van der Waals surface area (Å²) in [6, 6.07) is 24.9. The number of carbonyl (C=O) groups is 2. The maximum absolute atomic E-state index is 12.4. The minimum Gasteiger partial charge on any atom is -0.493 e. The van der Waals surface area contributed by atoms with Crippen LogP contribution in [0.15, 0.2) is 78.9 Å². The second kappa shape index (κ2) is 13.7. The summed E-state index contributed by atoms with van der Waals surface area (Å²) in [6.07, 6.45) is 4.36. The Kier molecular flexibility index (Phi) is 9.99. The van der Waals surface area contributed by atoms with Crippen LogP contribution in [-0.2, 0) is 16.0 Å². The average molecular weight is 460 g/mol. The van der Waals surface area contributed by atoms with Gasteiger partial charge in [-0.05, 0) is 42.3 Å². The molecule has 3 N–H and O–H groups in total. The lowest BCUT2D eigenvalue weighted by Gasteiger charge is -2.11. The predicted octanol–water partition coefficient (Wildman–Crippen LogP) is 5.88. The van der Waals surface area contributed by atoms with Crippen molar-refractivity contribution >= 4 is 28.9 Å². The Morgan fingerprint density at radius 1 is 0.765 bits per heavy atom. The lowest BCUT2D eigenvalue weighted by atomic mass is 10.2. The molecule has 3 aromatic rings. The number of amides is 2. The van der Waals surface area contributed by atoms with Crippen molar-refractivity contribution in [2.45, 2.75) is 39.0 Å². The molecule has 6 heteroatoms. The topological polar surface area (TPSA) is 79.5 Å². The molecule has 0 spiro atoms. The minimum atomic E-state index is -0.171. The molecule has 0 saturated heterocycles. The highest BCUT2D eigenvalue weighted by Gasteiger charge is 2.06. The number of rotatable bonds is 13. The summed E-state index contributed by atoms with van der Waals surface area (Å²) in [5, 5.41) is 8.90. The summed E-state index contributed by atoms with van der Waals surface area (Å²) in [5.74, 6) is 0.550. The normalized spacial score (nSPS) is 10.4. The molecule has 3 aromatic carbocycles. The van der Waals surface area contributed by atoms with E-state index in [0.717, 1.165) is 31.4 Å². The van der Waals surface area contributed by atoms with E-state index in [2.05, 4.69) is 35.0 Å². The SMILES string of the molecule is CCCCCC(=O)Nc1cccc(NCC(=O)Nc2cccc(OCCc3ccccc3)c2)c1. The fraction of sp³-hybridized carbons (Fsp3) is 0.286. The first-order chi connectivity index (χ1) is 16.6. The van der Waals surface area contributed by atoms with Gasteiger partial charge in [0.2, 0.25) is 11.8 Å². The minimum absolute atomic E-state index is 0.00853.